The first-order valence-electron chi connectivity index (χ1n) is 5.18. The number of fused-ring (bicyclic) bond motifs is 1. The van der Waals surface area contributed by atoms with E-state index >= 15 is 0 Å². The molecular formula is C13H9FN2S. The summed E-state index contributed by atoms with van der Waals surface area (Å²) in [6.45, 7) is 0. The highest BCUT2D eigenvalue weighted by molar-refractivity contribution is 7.99. The van der Waals surface area contributed by atoms with E-state index in [4.69, 9.17) is 0 Å². The van der Waals surface area contributed by atoms with Gasteiger partial charge in [-0.15, -0.1) is 0 Å². The molecule has 0 spiro atoms. The first-order valence-corrected chi connectivity index (χ1v) is 6.00. The normalized spacial score (nSPS) is 10.9. The maximum absolute atomic E-state index is 12.9. The molecule has 0 aliphatic carbocycles. The quantitative estimate of drug-likeness (QED) is 0.693. The lowest BCUT2D eigenvalue weighted by Crippen LogP contribution is -1.81. The van der Waals surface area contributed by atoms with E-state index in [1.165, 1.54) is 24.0 Å². The fraction of sp³-hybridized carbons (Fsp3) is 0. The number of pyridine rings is 1. The third-order valence-electron chi connectivity index (χ3n) is 2.43. The standard InChI is InChI=1S/C13H9FN2S/c14-12-8-10(5-6-15-12)17-13-7-9-3-1-2-4-11(9)16-13/h1-8,16H. The molecule has 0 atom stereocenters. The predicted molar refractivity (Wildman–Crippen MR) is 66.6 cm³/mol. The van der Waals surface area contributed by atoms with Crippen molar-refractivity contribution in [2.45, 2.75) is 9.92 Å². The van der Waals surface area contributed by atoms with Gasteiger partial charge in [0.1, 0.15) is 0 Å². The molecule has 84 valence electrons. The number of hydrogen-bond donors (Lipinski definition) is 1. The molecular weight excluding hydrogens is 235 g/mol. The van der Waals surface area contributed by atoms with Gasteiger partial charge in [-0.05, 0) is 18.2 Å². The van der Waals surface area contributed by atoms with Crippen LogP contribution in [-0.4, -0.2) is 9.97 Å². The summed E-state index contributed by atoms with van der Waals surface area (Å²) in [5.74, 6) is -0.453. The molecule has 0 amide bonds. The van der Waals surface area contributed by atoms with Gasteiger partial charge < -0.3 is 4.98 Å². The lowest BCUT2D eigenvalue weighted by molar-refractivity contribution is 0.579. The summed E-state index contributed by atoms with van der Waals surface area (Å²) < 4.78 is 12.9. The molecule has 0 unspecified atom stereocenters. The van der Waals surface area contributed by atoms with Gasteiger partial charge in [0.05, 0.1) is 5.03 Å². The van der Waals surface area contributed by atoms with Crippen LogP contribution in [0.2, 0.25) is 0 Å². The number of hydrogen-bond acceptors (Lipinski definition) is 2. The first-order chi connectivity index (χ1) is 8.31. The molecule has 0 fully saturated rings. The van der Waals surface area contributed by atoms with Crippen LogP contribution in [0.25, 0.3) is 10.9 Å². The molecule has 0 radical (unpaired) electrons. The second kappa shape index (κ2) is 4.22. The molecule has 0 aliphatic rings. The summed E-state index contributed by atoms with van der Waals surface area (Å²) in [5, 5.41) is 2.15. The van der Waals surface area contributed by atoms with E-state index in [1.807, 2.05) is 24.3 Å². The minimum Gasteiger partial charge on any atom is -0.349 e. The second-order valence-electron chi connectivity index (χ2n) is 3.64. The van der Waals surface area contributed by atoms with Crippen molar-refractivity contribution in [3.63, 3.8) is 0 Å². The molecule has 2 nitrogen and oxygen atoms in total. The van der Waals surface area contributed by atoms with Crippen LogP contribution in [-0.2, 0) is 0 Å². The zero-order valence-electron chi connectivity index (χ0n) is 8.85. The predicted octanol–water partition coefficient (Wildman–Crippen LogP) is 3.85. The fourth-order valence-electron chi connectivity index (χ4n) is 1.68. The van der Waals surface area contributed by atoms with E-state index in [0.29, 0.717) is 0 Å². The summed E-state index contributed by atoms with van der Waals surface area (Å²) in [4.78, 5) is 7.65. The minimum atomic E-state index is -0.453. The number of nitrogens with zero attached hydrogens (tertiary/aromatic N) is 1. The topological polar surface area (TPSA) is 28.7 Å². The molecule has 4 heteroatoms. The Morgan fingerprint density at radius 1 is 1.12 bits per heavy atom. The van der Waals surface area contributed by atoms with E-state index in [1.54, 1.807) is 6.07 Å². The SMILES string of the molecule is Fc1cc(Sc2cc3ccccc3[nH]2)ccn1. The molecule has 0 saturated heterocycles. The fourth-order valence-corrected chi connectivity index (χ4v) is 2.56. The Morgan fingerprint density at radius 2 is 2.00 bits per heavy atom. The Morgan fingerprint density at radius 3 is 2.82 bits per heavy atom. The van der Waals surface area contributed by atoms with Gasteiger partial charge in [0.15, 0.2) is 0 Å². The number of benzene rings is 1. The monoisotopic (exact) mass is 244 g/mol. The van der Waals surface area contributed by atoms with Crippen LogP contribution < -0.4 is 0 Å². The summed E-state index contributed by atoms with van der Waals surface area (Å²) in [6.07, 6.45) is 1.47. The van der Waals surface area contributed by atoms with Crippen LogP contribution in [0, 0.1) is 5.95 Å². The van der Waals surface area contributed by atoms with Gasteiger partial charge in [-0.3, -0.25) is 0 Å². The van der Waals surface area contributed by atoms with Gasteiger partial charge in [-0.25, -0.2) is 4.98 Å². The molecule has 0 saturated carbocycles. The Balaban J connectivity index is 1.94. The smallest absolute Gasteiger partial charge is 0.213 e. The van der Waals surface area contributed by atoms with Crippen LogP contribution in [0.15, 0.2) is 58.6 Å². The van der Waals surface area contributed by atoms with E-state index in [-0.39, 0.29) is 0 Å². The number of para-hydroxylation sites is 1. The van der Waals surface area contributed by atoms with E-state index in [2.05, 4.69) is 16.0 Å². The van der Waals surface area contributed by atoms with Crippen molar-refractivity contribution < 1.29 is 4.39 Å². The maximum atomic E-state index is 12.9. The van der Waals surface area contributed by atoms with Crippen LogP contribution in [0.1, 0.15) is 0 Å². The van der Waals surface area contributed by atoms with Crippen molar-refractivity contribution in [2.24, 2.45) is 0 Å². The van der Waals surface area contributed by atoms with Crippen LogP contribution in [0.5, 0.6) is 0 Å². The highest BCUT2D eigenvalue weighted by atomic mass is 32.2. The number of aromatic nitrogens is 2. The third-order valence-corrected chi connectivity index (χ3v) is 3.36. The summed E-state index contributed by atoms with van der Waals surface area (Å²) in [7, 11) is 0. The summed E-state index contributed by atoms with van der Waals surface area (Å²) in [5.41, 5.74) is 1.09. The van der Waals surface area contributed by atoms with Crippen molar-refractivity contribution in [1.82, 2.24) is 9.97 Å². The number of nitrogens with one attached hydrogen (secondary N) is 1. The molecule has 1 aromatic carbocycles. The molecule has 2 aromatic heterocycles. The van der Waals surface area contributed by atoms with Gasteiger partial charge in [-0.1, -0.05) is 30.0 Å². The van der Waals surface area contributed by atoms with Crippen molar-refractivity contribution in [2.75, 3.05) is 0 Å². The molecule has 3 aromatic rings. The van der Waals surface area contributed by atoms with Gasteiger partial charge in [0.25, 0.3) is 0 Å². The maximum Gasteiger partial charge on any atom is 0.213 e. The molecule has 1 N–H and O–H groups in total. The second-order valence-corrected chi connectivity index (χ2v) is 4.75. The minimum absolute atomic E-state index is 0.453. The van der Waals surface area contributed by atoms with Crippen molar-refractivity contribution in [3.8, 4) is 0 Å². The number of H-pyrrole nitrogens is 1. The zero-order chi connectivity index (χ0) is 11.7. The zero-order valence-corrected chi connectivity index (χ0v) is 9.67. The number of halogens is 1. The van der Waals surface area contributed by atoms with Gasteiger partial charge in [-0.2, -0.15) is 4.39 Å². The van der Waals surface area contributed by atoms with Gasteiger partial charge in [0, 0.05) is 28.1 Å². The van der Waals surface area contributed by atoms with Crippen molar-refractivity contribution in [1.29, 1.82) is 0 Å². The number of rotatable bonds is 2. The Kier molecular flexibility index (Phi) is 2.57. The summed E-state index contributed by atoms with van der Waals surface area (Å²) >= 11 is 1.49. The molecule has 0 aliphatic heterocycles. The Labute approximate surface area is 102 Å². The highest BCUT2D eigenvalue weighted by Gasteiger charge is 2.03. The Hall–Kier alpha value is -1.81. The largest absolute Gasteiger partial charge is 0.349 e. The molecule has 17 heavy (non-hydrogen) atoms. The van der Waals surface area contributed by atoms with E-state index < -0.39 is 5.95 Å². The Bertz CT molecular complexity index is 630. The lowest BCUT2D eigenvalue weighted by atomic mass is 10.3. The molecule has 3 rings (SSSR count). The lowest BCUT2D eigenvalue weighted by Gasteiger charge is -1.97. The first kappa shape index (κ1) is 10.4. The number of aromatic amines is 1. The van der Waals surface area contributed by atoms with Crippen LogP contribution in [0.3, 0.4) is 0 Å². The van der Waals surface area contributed by atoms with E-state index in [0.717, 1.165) is 20.8 Å². The average Bonchev–Trinajstić information content (AvgIpc) is 2.71. The highest BCUT2D eigenvalue weighted by Crippen LogP contribution is 2.29. The molecule has 2 heterocycles. The van der Waals surface area contributed by atoms with Crippen molar-refractivity contribution >= 4 is 22.7 Å². The van der Waals surface area contributed by atoms with Crippen molar-refractivity contribution in [3.05, 3.63) is 54.6 Å². The molecule has 0 bridgehead atoms. The third kappa shape index (κ3) is 2.17. The van der Waals surface area contributed by atoms with Gasteiger partial charge >= 0.3 is 0 Å². The van der Waals surface area contributed by atoms with E-state index in [9.17, 15) is 4.39 Å². The van der Waals surface area contributed by atoms with Crippen LogP contribution >= 0.6 is 11.8 Å². The van der Waals surface area contributed by atoms with Crippen LogP contribution in [0.4, 0.5) is 4.39 Å². The summed E-state index contributed by atoms with van der Waals surface area (Å²) in [6, 6.07) is 13.3. The van der Waals surface area contributed by atoms with Gasteiger partial charge in [0.2, 0.25) is 5.95 Å². The average molecular weight is 244 g/mol.